The number of rotatable bonds is 8. The van der Waals surface area contributed by atoms with Crippen LogP contribution in [0.15, 0.2) is 53.4 Å². The van der Waals surface area contributed by atoms with E-state index in [4.69, 9.17) is 9.47 Å². The fraction of sp³-hybridized carbons (Fsp3) is 0.381. The lowest BCUT2D eigenvalue weighted by Gasteiger charge is -2.19. The second-order valence-electron chi connectivity index (χ2n) is 6.95. The third-order valence-electron chi connectivity index (χ3n) is 4.90. The van der Waals surface area contributed by atoms with Crippen LogP contribution < -0.4 is 10.1 Å². The summed E-state index contributed by atoms with van der Waals surface area (Å²) in [5.41, 5.74) is 1.06. The van der Waals surface area contributed by atoms with Crippen LogP contribution in [0.4, 0.5) is 0 Å². The van der Waals surface area contributed by atoms with Crippen molar-refractivity contribution in [3.8, 4) is 5.75 Å². The third kappa shape index (κ3) is 5.14. The summed E-state index contributed by atoms with van der Waals surface area (Å²) in [6.45, 7) is 1.27. The summed E-state index contributed by atoms with van der Waals surface area (Å²) in [4.78, 5) is 12.7. The fourth-order valence-electron chi connectivity index (χ4n) is 3.25. The Morgan fingerprint density at radius 1 is 1.24 bits per heavy atom. The first-order valence-electron chi connectivity index (χ1n) is 9.50. The topological polar surface area (TPSA) is 84.9 Å². The SMILES string of the molecule is COc1ccc(C(=O)NCC2CCCO2)cc1CN(C)S(=O)(=O)c1ccccc1. The van der Waals surface area contributed by atoms with Gasteiger partial charge in [0, 0.05) is 37.9 Å². The van der Waals surface area contributed by atoms with E-state index in [9.17, 15) is 13.2 Å². The number of carbonyl (C=O) groups excluding carboxylic acids is 1. The number of hydrogen-bond acceptors (Lipinski definition) is 5. The van der Waals surface area contributed by atoms with E-state index >= 15 is 0 Å². The van der Waals surface area contributed by atoms with Gasteiger partial charge in [-0.05, 0) is 43.2 Å². The largest absolute Gasteiger partial charge is 0.496 e. The average molecular weight is 419 g/mol. The van der Waals surface area contributed by atoms with Gasteiger partial charge in [0.1, 0.15) is 5.75 Å². The van der Waals surface area contributed by atoms with Gasteiger partial charge in [0.25, 0.3) is 5.91 Å². The van der Waals surface area contributed by atoms with Gasteiger partial charge in [0.15, 0.2) is 0 Å². The van der Waals surface area contributed by atoms with Gasteiger partial charge < -0.3 is 14.8 Å². The van der Waals surface area contributed by atoms with E-state index in [2.05, 4.69) is 5.32 Å². The van der Waals surface area contributed by atoms with Crippen LogP contribution in [0, 0.1) is 0 Å². The number of carbonyl (C=O) groups is 1. The quantitative estimate of drug-likeness (QED) is 0.712. The minimum absolute atomic E-state index is 0.0545. The van der Waals surface area contributed by atoms with Crippen LogP contribution >= 0.6 is 0 Å². The number of hydrogen-bond donors (Lipinski definition) is 1. The maximum Gasteiger partial charge on any atom is 0.251 e. The highest BCUT2D eigenvalue weighted by Gasteiger charge is 2.23. The van der Waals surface area contributed by atoms with E-state index in [1.165, 1.54) is 18.5 Å². The Bertz CT molecular complexity index is 941. The van der Waals surface area contributed by atoms with Gasteiger partial charge in [-0.2, -0.15) is 4.31 Å². The maximum atomic E-state index is 12.8. The van der Waals surface area contributed by atoms with Gasteiger partial charge in [-0.3, -0.25) is 4.79 Å². The van der Waals surface area contributed by atoms with E-state index in [0.717, 1.165) is 19.4 Å². The lowest BCUT2D eigenvalue weighted by Crippen LogP contribution is -2.32. The number of amides is 1. The van der Waals surface area contributed by atoms with Crippen molar-refractivity contribution in [3.05, 3.63) is 59.7 Å². The molecule has 8 heteroatoms. The van der Waals surface area contributed by atoms with E-state index in [0.29, 0.717) is 23.4 Å². The predicted octanol–water partition coefficient (Wildman–Crippen LogP) is 2.42. The van der Waals surface area contributed by atoms with Gasteiger partial charge in [-0.1, -0.05) is 18.2 Å². The van der Waals surface area contributed by atoms with Gasteiger partial charge >= 0.3 is 0 Å². The molecule has 2 aromatic rings. The second-order valence-corrected chi connectivity index (χ2v) is 8.99. The highest BCUT2D eigenvalue weighted by atomic mass is 32.2. The number of nitrogens with one attached hydrogen (secondary N) is 1. The van der Waals surface area contributed by atoms with Gasteiger partial charge in [-0.25, -0.2) is 8.42 Å². The smallest absolute Gasteiger partial charge is 0.251 e. The fourth-order valence-corrected chi connectivity index (χ4v) is 4.42. The van der Waals surface area contributed by atoms with Gasteiger partial charge in [-0.15, -0.1) is 0 Å². The van der Waals surface area contributed by atoms with Crippen molar-refractivity contribution in [3.63, 3.8) is 0 Å². The van der Waals surface area contributed by atoms with Crippen molar-refractivity contribution in [2.75, 3.05) is 27.3 Å². The summed E-state index contributed by atoms with van der Waals surface area (Å²) in [6, 6.07) is 13.2. The maximum absolute atomic E-state index is 12.8. The zero-order chi connectivity index (χ0) is 20.9. The Morgan fingerprint density at radius 3 is 2.66 bits per heavy atom. The minimum atomic E-state index is -3.66. The Balaban J connectivity index is 1.75. The number of sulfonamides is 1. The zero-order valence-electron chi connectivity index (χ0n) is 16.6. The summed E-state index contributed by atoms with van der Waals surface area (Å²) >= 11 is 0. The van der Waals surface area contributed by atoms with Gasteiger partial charge in [0.05, 0.1) is 18.1 Å². The van der Waals surface area contributed by atoms with E-state index in [-0.39, 0.29) is 23.5 Å². The number of ether oxygens (including phenoxy) is 2. The normalized spacial score (nSPS) is 16.7. The molecule has 0 aliphatic carbocycles. The molecule has 0 saturated carbocycles. The minimum Gasteiger partial charge on any atom is -0.496 e. The molecule has 0 radical (unpaired) electrons. The van der Waals surface area contributed by atoms with Crippen LogP contribution in [0.2, 0.25) is 0 Å². The first-order valence-corrected chi connectivity index (χ1v) is 10.9. The molecule has 156 valence electrons. The summed E-state index contributed by atoms with van der Waals surface area (Å²) in [6.07, 6.45) is 2.00. The molecule has 1 atom stereocenters. The molecule has 1 amide bonds. The van der Waals surface area contributed by atoms with Crippen molar-refractivity contribution in [2.45, 2.75) is 30.4 Å². The van der Waals surface area contributed by atoms with E-state index in [1.54, 1.807) is 48.5 Å². The third-order valence-corrected chi connectivity index (χ3v) is 6.72. The number of benzene rings is 2. The lowest BCUT2D eigenvalue weighted by atomic mass is 10.1. The molecule has 0 bridgehead atoms. The molecule has 29 heavy (non-hydrogen) atoms. The molecule has 1 fully saturated rings. The summed E-state index contributed by atoms with van der Waals surface area (Å²) in [5, 5.41) is 2.88. The Morgan fingerprint density at radius 2 is 2.00 bits per heavy atom. The van der Waals surface area contributed by atoms with E-state index < -0.39 is 10.0 Å². The monoisotopic (exact) mass is 418 g/mol. The summed E-state index contributed by atoms with van der Waals surface area (Å²) in [7, 11) is -0.634. The molecule has 2 aromatic carbocycles. The Labute approximate surface area is 171 Å². The molecule has 1 saturated heterocycles. The molecule has 1 heterocycles. The van der Waals surface area contributed by atoms with Crippen molar-refractivity contribution in [1.82, 2.24) is 9.62 Å². The lowest BCUT2D eigenvalue weighted by molar-refractivity contribution is 0.0857. The van der Waals surface area contributed by atoms with Gasteiger partial charge in [0.2, 0.25) is 10.0 Å². The van der Waals surface area contributed by atoms with Crippen molar-refractivity contribution in [1.29, 1.82) is 0 Å². The average Bonchev–Trinajstić information content (AvgIpc) is 3.26. The van der Waals surface area contributed by atoms with Crippen LogP contribution in [0.25, 0.3) is 0 Å². The highest BCUT2D eigenvalue weighted by Crippen LogP contribution is 2.24. The number of methoxy groups -OCH3 is 1. The van der Waals surface area contributed by atoms with Crippen LogP contribution in [0.3, 0.4) is 0 Å². The van der Waals surface area contributed by atoms with Crippen LogP contribution in [0.5, 0.6) is 5.75 Å². The van der Waals surface area contributed by atoms with E-state index in [1.807, 2.05) is 0 Å². The summed E-state index contributed by atoms with van der Waals surface area (Å²) < 4.78 is 37.7. The molecule has 1 aliphatic rings. The number of nitrogens with zero attached hydrogens (tertiary/aromatic N) is 1. The molecule has 0 aromatic heterocycles. The summed E-state index contributed by atoms with van der Waals surface area (Å²) in [5.74, 6) is 0.300. The standard InChI is InChI=1S/C21H26N2O5S/c1-23(29(25,26)19-8-4-3-5-9-19)15-17-13-16(10-11-20(17)27-2)21(24)22-14-18-7-6-12-28-18/h3-5,8-11,13,18H,6-7,12,14-15H2,1-2H3,(H,22,24). The molecule has 0 spiro atoms. The highest BCUT2D eigenvalue weighted by molar-refractivity contribution is 7.89. The molecule has 1 unspecified atom stereocenters. The van der Waals surface area contributed by atoms with Crippen molar-refractivity contribution >= 4 is 15.9 Å². The molecule has 1 aliphatic heterocycles. The van der Waals surface area contributed by atoms with Crippen LogP contribution in [-0.2, 0) is 21.3 Å². The molecular weight excluding hydrogens is 392 g/mol. The molecule has 7 nitrogen and oxygen atoms in total. The first kappa shape index (κ1) is 21.3. The zero-order valence-corrected chi connectivity index (χ0v) is 17.4. The van der Waals surface area contributed by atoms with Crippen LogP contribution in [-0.4, -0.2) is 52.0 Å². The Kier molecular flexibility index (Phi) is 6.89. The van der Waals surface area contributed by atoms with Crippen molar-refractivity contribution in [2.24, 2.45) is 0 Å². The molecule has 1 N–H and O–H groups in total. The van der Waals surface area contributed by atoms with Crippen molar-refractivity contribution < 1.29 is 22.7 Å². The first-order chi connectivity index (χ1) is 13.9. The Hall–Kier alpha value is -2.42. The predicted molar refractivity (Wildman–Crippen MR) is 109 cm³/mol. The molecular formula is C21H26N2O5S. The molecule has 3 rings (SSSR count). The second kappa shape index (κ2) is 9.39. The van der Waals surface area contributed by atoms with Crippen LogP contribution in [0.1, 0.15) is 28.8 Å².